The molecule has 68 valence electrons. The number of hydrogen-bond acceptors (Lipinski definition) is 2. The van der Waals surface area contributed by atoms with Crippen molar-refractivity contribution in [2.24, 2.45) is 11.8 Å². The zero-order chi connectivity index (χ0) is 8.72. The highest BCUT2D eigenvalue weighted by atomic mass is 16.3. The molecule has 1 saturated carbocycles. The second kappa shape index (κ2) is 2.73. The van der Waals surface area contributed by atoms with Crippen molar-refractivity contribution < 1.29 is 9.90 Å². The first-order valence-corrected chi connectivity index (χ1v) is 4.65. The summed E-state index contributed by atoms with van der Waals surface area (Å²) < 4.78 is 0. The molecule has 0 spiro atoms. The number of carbonyl (C=O) groups excluding carboxylic acids is 1. The van der Waals surface area contributed by atoms with Gasteiger partial charge in [0.05, 0.1) is 0 Å². The van der Waals surface area contributed by atoms with E-state index < -0.39 is 6.10 Å². The molecule has 1 amide bonds. The van der Waals surface area contributed by atoms with E-state index in [9.17, 15) is 4.79 Å². The van der Waals surface area contributed by atoms with Crippen LogP contribution >= 0.6 is 0 Å². The van der Waals surface area contributed by atoms with E-state index in [2.05, 4.69) is 0 Å². The van der Waals surface area contributed by atoms with Gasteiger partial charge in [-0.2, -0.15) is 0 Å². The van der Waals surface area contributed by atoms with Gasteiger partial charge in [-0.25, -0.2) is 0 Å². The fourth-order valence-electron chi connectivity index (χ4n) is 1.82. The molecule has 1 N–H and O–H groups in total. The summed E-state index contributed by atoms with van der Waals surface area (Å²) in [6.45, 7) is 3.30. The van der Waals surface area contributed by atoms with E-state index >= 15 is 0 Å². The zero-order valence-electron chi connectivity index (χ0n) is 7.36. The van der Waals surface area contributed by atoms with Crippen LogP contribution in [-0.2, 0) is 4.79 Å². The summed E-state index contributed by atoms with van der Waals surface area (Å²) in [4.78, 5) is 12.9. The van der Waals surface area contributed by atoms with E-state index in [0.717, 1.165) is 24.9 Å². The van der Waals surface area contributed by atoms with Crippen molar-refractivity contribution in [3.05, 3.63) is 0 Å². The monoisotopic (exact) mass is 169 g/mol. The molecular formula is C9H15NO2. The Morgan fingerprint density at radius 3 is 2.42 bits per heavy atom. The summed E-state index contributed by atoms with van der Waals surface area (Å²) in [6, 6.07) is 0. The quantitative estimate of drug-likeness (QED) is 0.643. The highest BCUT2D eigenvalue weighted by Crippen LogP contribution is 2.41. The summed E-state index contributed by atoms with van der Waals surface area (Å²) in [6.07, 6.45) is 1.88. The van der Waals surface area contributed by atoms with Crippen LogP contribution in [0.5, 0.6) is 0 Å². The molecule has 1 saturated heterocycles. The highest BCUT2D eigenvalue weighted by Gasteiger charge is 2.41. The van der Waals surface area contributed by atoms with Gasteiger partial charge in [0, 0.05) is 13.1 Å². The smallest absolute Gasteiger partial charge is 0.251 e. The van der Waals surface area contributed by atoms with Crippen molar-refractivity contribution in [1.29, 1.82) is 0 Å². The molecule has 0 aromatic heterocycles. The summed E-state index contributed by atoms with van der Waals surface area (Å²) >= 11 is 0. The molecule has 0 radical (unpaired) electrons. The minimum atomic E-state index is -0.815. The van der Waals surface area contributed by atoms with Crippen LogP contribution < -0.4 is 0 Å². The Labute approximate surface area is 72.4 Å². The lowest BCUT2D eigenvalue weighted by molar-refractivity contribution is -0.146. The van der Waals surface area contributed by atoms with Crippen molar-refractivity contribution in [1.82, 2.24) is 4.90 Å². The predicted molar refractivity (Wildman–Crippen MR) is 44.5 cm³/mol. The van der Waals surface area contributed by atoms with Gasteiger partial charge < -0.3 is 10.0 Å². The standard InChI is InChI=1S/C9H15NO2/c1-6(11)9(12)10-4-8(5-10)7-2-3-7/h6-8,11H,2-5H2,1H3/t6-/m0/s1. The maximum Gasteiger partial charge on any atom is 0.251 e. The number of likely N-dealkylation sites (tertiary alicyclic amines) is 1. The third kappa shape index (κ3) is 1.33. The van der Waals surface area contributed by atoms with Gasteiger partial charge in [-0.05, 0) is 31.6 Å². The summed E-state index contributed by atoms with van der Waals surface area (Å²) in [5.41, 5.74) is 0. The summed E-state index contributed by atoms with van der Waals surface area (Å²) in [5, 5.41) is 9.01. The van der Waals surface area contributed by atoms with Crippen LogP contribution in [0.1, 0.15) is 19.8 Å². The SMILES string of the molecule is C[C@H](O)C(=O)N1CC(C2CC2)C1. The minimum Gasteiger partial charge on any atom is -0.384 e. The molecule has 0 bridgehead atoms. The molecule has 1 atom stereocenters. The lowest BCUT2D eigenvalue weighted by atomic mass is 9.94. The average molecular weight is 169 g/mol. The number of aliphatic hydroxyl groups excluding tert-OH is 1. The molecule has 1 aliphatic carbocycles. The van der Waals surface area contributed by atoms with Crippen LogP contribution in [0.3, 0.4) is 0 Å². The molecule has 3 nitrogen and oxygen atoms in total. The molecule has 2 fully saturated rings. The van der Waals surface area contributed by atoms with E-state index in [1.165, 1.54) is 19.8 Å². The molecule has 2 rings (SSSR count). The van der Waals surface area contributed by atoms with Gasteiger partial charge in [0.15, 0.2) is 0 Å². The van der Waals surface area contributed by atoms with E-state index in [0.29, 0.717) is 0 Å². The third-order valence-electron chi connectivity index (χ3n) is 2.87. The molecule has 1 aliphatic heterocycles. The van der Waals surface area contributed by atoms with Gasteiger partial charge in [-0.3, -0.25) is 4.79 Å². The van der Waals surface area contributed by atoms with Crippen molar-refractivity contribution in [3.63, 3.8) is 0 Å². The fraction of sp³-hybridized carbons (Fsp3) is 0.889. The van der Waals surface area contributed by atoms with E-state index in [1.54, 1.807) is 4.90 Å². The maximum atomic E-state index is 11.2. The first-order chi connectivity index (χ1) is 5.68. The van der Waals surface area contributed by atoms with E-state index in [4.69, 9.17) is 5.11 Å². The second-order valence-electron chi connectivity index (χ2n) is 4.02. The predicted octanol–water partition coefficient (Wildman–Crippen LogP) is 0.236. The van der Waals surface area contributed by atoms with Crippen molar-refractivity contribution >= 4 is 5.91 Å². The molecule has 2 aliphatic rings. The molecule has 12 heavy (non-hydrogen) atoms. The fourth-order valence-corrected chi connectivity index (χ4v) is 1.82. The van der Waals surface area contributed by atoms with Crippen molar-refractivity contribution in [3.8, 4) is 0 Å². The number of hydrogen-bond donors (Lipinski definition) is 1. The maximum absolute atomic E-state index is 11.2. The Bertz CT molecular complexity index is 193. The molecular weight excluding hydrogens is 154 g/mol. The number of amides is 1. The molecule has 0 aromatic carbocycles. The van der Waals surface area contributed by atoms with Gasteiger partial charge >= 0.3 is 0 Å². The van der Waals surface area contributed by atoms with Gasteiger partial charge in [-0.1, -0.05) is 0 Å². The first kappa shape index (κ1) is 8.05. The van der Waals surface area contributed by atoms with Crippen LogP contribution in [-0.4, -0.2) is 35.1 Å². The first-order valence-electron chi connectivity index (χ1n) is 4.65. The lowest BCUT2D eigenvalue weighted by Crippen LogP contribution is -2.53. The van der Waals surface area contributed by atoms with E-state index in [1.807, 2.05) is 0 Å². The van der Waals surface area contributed by atoms with Gasteiger partial charge in [0.25, 0.3) is 5.91 Å². The Kier molecular flexibility index (Phi) is 1.83. The van der Waals surface area contributed by atoms with Crippen LogP contribution in [0.15, 0.2) is 0 Å². The van der Waals surface area contributed by atoms with Crippen LogP contribution in [0.4, 0.5) is 0 Å². The van der Waals surface area contributed by atoms with Crippen molar-refractivity contribution in [2.45, 2.75) is 25.9 Å². The lowest BCUT2D eigenvalue weighted by Gasteiger charge is -2.40. The number of aliphatic hydroxyl groups is 1. The Morgan fingerprint density at radius 2 is 2.00 bits per heavy atom. The molecule has 3 heteroatoms. The van der Waals surface area contributed by atoms with Crippen LogP contribution in [0.2, 0.25) is 0 Å². The largest absolute Gasteiger partial charge is 0.384 e. The number of nitrogens with zero attached hydrogens (tertiary/aromatic N) is 1. The Balaban J connectivity index is 1.76. The van der Waals surface area contributed by atoms with Crippen LogP contribution in [0, 0.1) is 11.8 Å². The minimum absolute atomic E-state index is 0.105. The second-order valence-corrected chi connectivity index (χ2v) is 4.02. The topological polar surface area (TPSA) is 40.5 Å². The summed E-state index contributed by atoms with van der Waals surface area (Å²) in [7, 11) is 0. The van der Waals surface area contributed by atoms with Gasteiger partial charge in [0.1, 0.15) is 6.10 Å². The molecule has 0 aromatic rings. The third-order valence-corrected chi connectivity index (χ3v) is 2.87. The number of rotatable bonds is 2. The van der Waals surface area contributed by atoms with Crippen LogP contribution in [0.25, 0.3) is 0 Å². The summed E-state index contributed by atoms with van der Waals surface area (Å²) in [5.74, 6) is 1.53. The normalized spacial score (nSPS) is 26.7. The van der Waals surface area contributed by atoms with Crippen molar-refractivity contribution in [2.75, 3.05) is 13.1 Å². The Hall–Kier alpha value is -0.570. The zero-order valence-corrected chi connectivity index (χ0v) is 7.36. The van der Waals surface area contributed by atoms with E-state index in [-0.39, 0.29) is 5.91 Å². The average Bonchev–Trinajstić information content (AvgIpc) is 2.67. The highest BCUT2D eigenvalue weighted by molar-refractivity contribution is 5.80. The molecule has 0 unspecified atom stereocenters. The number of carbonyl (C=O) groups is 1. The van der Waals surface area contributed by atoms with Gasteiger partial charge in [0.2, 0.25) is 0 Å². The Morgan fingerprint density at radius 1 is 1.42 bits per heavy atom. The van der Waals surface area contributed by atoms with Gasteiger partial charge in [-0.15, -0.1) is 0 Å². The molecule has 1 heterocycles.